The third-order valence-corrected chi connectivity index (χ3v) is 3.21. The van der Waals surface area contributed by atoms with Crippen molar-refractivity contribution in [2.24, 2.45) is 0 Å². The van der Waals surface area contributed by atoms with E-state index >= 15 is 0 Å². The maximum absolute atomic E-state index is 9.96. The van der Waals surface area contributed by atoms with E-state index in [0.717, 1.165) is 17.6 Å². The van der Waals surface area contributed by atoms with E-state index in [1.807, 2.05) is 38.1 Å². The predicted octanol–water partition coefficient (Wildman–Crippen LogP) is 2.98. The van der Waals surface area contributed by atoms with Crippen LogP contribution in [0.3, 0.4) is 0 Å². The van der Waals surface area contributed by atoms with Gasteiger partial charge < -0.3 is 9.52 Å². The average Bonchev–Trinajstić information content (AvgIpc) is 2.77. The number of fused-ring (bicyclic) bond motifs is 1. The molecule has 4 nitrogen and oxygen atoms in total. The van der Waals surface area contributed by atoms with E-state index in [1.54, 1.807) is 0 Å². The van der Waals surface area contributed by atoms with Crippen LogP contribution in [-0.2, 0) is 0 Å². The number of rotatable bonds is 5. The van der Waals surface area contributed by atoms with E-state index in [1.165, 1.54) is 0 Å². The van der Waals surface area contributed by atoms with Gasteiger partial charge in [0.05, 0.1) is 11.6 Å². The van der Waals surface area contributed by atoms with E-state index in [9.17, 15) is 5.11 Å². The third kappa shape index (κ3) is 3.33. The van der Waals surface area contributed by atoms with E-state index in [2.05, 4.69) is 23.7 Å². The first kappa shape index (κ1) is 14.0. The lowest BCUT2D eigenvalue weighted by molar-refractivity contribution is 0.0212. The zero-order valence-electron chi connectivity index (χ0n) is 12.1. The van der Waals surface area contributed by atoms with Crippen molar-refractivity contribution in [2.75, 3.05) is 13.1 Å². The molecular formula is C15H22N2O2. The van der Waals surface area contributed by atoms with Crippen molar-refractivity contribution in [2.45, 2.75) is 39.3 Å². The highest BCUT2D eigenvalue weighted by Gasteiger charge is 2.25. The minimum atomic E-state index is -0.726. The van der Waals surface area contributed by atoms with Gasteiger partial charge >= 0.3 is 0 Å². The van der Waals surface area contributed by atoms with Crippen molar-refractivity contribution in [3.63, 3.8) is 0 Å². The lowest BCUT2D eigenvalue weighted by Crippen LogP contribution is -2.40. The van der Waals surface area contributed by atoms with Crippen LogP contribution >= 0.6 is 0 Å². The lowest BCUT2D eigenvalue weighted by atomic mass is 10.1. The maximum atomic E-state index is 9.96. The second kappa shape index (κ2) is 5.31. The second-order valence-corrected chi connectivity index (χ2v) is 5.57. The molecule has 2 rings (SSSR count). The molecule has 1 atom stereocenters. The Morgan fingerprint density at radius 1 is 1.37 bits per heavy atom. The van der Waals surface area contributed by atoms with Crippen LogP contribution in [0, 0.1) is 0 Å². The number of nitrogens with zero attached hydrogens (tertiary/aromatic N) is 2. The number of aromatic nitrogens is 1. The fourth-order valence-corrected chi connectivity index (χ4v) is 2.24. The van der Waals surface area contributed by atoms with E-state index in [-0.39, 0.29) is 6.04 Å². The van der Waals surface area contributed by atoms with Gasteiger partial charge in [0.1, 0.15) is 5.52 Å². The van der Waals surface area contributed by atoms with Gasteiger partial charge in [-0.15, -0.1) is 0 Å². The Kier molecular flexibility index (Phi) is 3.92. The molecule has 0 aliphatic rings. The van der Waals surface area contributed by atoms with Crippen LogP contribution in [0.15, 0.2) is 28.7 Å². The largest absolute Gasteiger partial charge is 0.439 e. The highest BCUT2D eigenvalue weighted by Crippen LogP contribution is 2.25. The first-order valence-electron chi connectivity index (χ1n) is 6.72. The summed E-state index contributed by atoms with van der Waals surface area (Å²) in [6.07, 6.45) is 0. The minimum Gasteiger partial charge on any atom is -0.439 e. The van der Waals surface area contributed by atoms with Gasteiger partial charge in [-0.05, 0) is 39.4 Å². The average molecular weight is 262 g/mol. The van der Waals surface area contributed by atoms with E-state index in [4.69, 9.17) is 4.42 Å². The molecule has 0 fully saturated rings. The molecular weight excluding hydrogens is 240 g/mol. The van der Waals surface area contributed by atoms with Gasteiger partial charge in [-0.1, -0.05) is 19.1 Å². The fourth-order valence-electron chi connectivity index (χ4n) is 2.24. The Hall–Kier alpha value is -1.39. The van der Waals surface area contributed by atoms with Gasteiger partial charge in [0.2, 0.25) is 5.89 Å². The molecule has 19 heavy (non-hydrogen) atoms. The van der Waals surface area contributed by atoms with Gasteiger partial charge in [0.25, 0.3) is 0 Å². The number of aliphatic hydroxyl groups is 1. The first-order chi connectivity index (χ1) is 8.90. The summed E-state index contributed by atoms with van der Waals surface area (Å²) in [6, 6.07) is 7.81. The zero-order valence-corrected chi connectivity index (χ0v) is 12.1. The molecule has 0 spiro atoms. The summed E-state index contributed by atoms with van der Waals surface area (Å²) in [7, 11) is 0. The van der Waals surface area contributed by atoms with Gasteiger partial charge in [-0.2, -0.15) is 0 Å². The van der Waals surface area contributed by atoms with E-state index < -0.39 is 5.60 Å². The highest BCUT2D eigenvalue weighted by molar-refractivity contribution is 5.72. The number of likely N-dealkylation sites (N-methyl/N-ethyl adjacent to an activating group) is 1. The highest BCUT2D eigenvalue weighted by atomic mass is 16.3. The molecule has 1 aromatic carbocycles. The topological polar surface area (TPSA) is 49.5 Å². The first-order valence-corrected chi connectivity index (χ1v) is 6.72. The molecule has 0 aliphatic carbocycles. The van der Waals surface area contributed by atoms with Crippen LogP contribution in [0.5, 0.6) is 0 Å². The smallest absolute Gasteiger partial charge is 0.212 e. The summed E-state index contributed by atoms with van der Waals surface area (Å²) in [5.74, 6) is 0.701. The summed E-state index contributed by atoms with van der Waals surface area (Å²) < 4.78 is 5.79. The van der Waals surface area contributed by atoms with E-state index in [0.29, 0.717) is 12.4 Å². The van der Waals surface area contributed by atoms with Crippen LogP contribution < -0.4 is 0 Å². The number of benzene rings is 1. The van der Waals surface area contributed by atoms with Crippen LogP contribution in [-0.4, -0.2) is 33.7 Å². The molecule has 0 amide bonds. The SMILES string of the molecule is CCN(CC(C)(C)O)C(C)c1nc2ccccc2o1. The van der Waals surface area contributed by atoms with Gasteiger partial charge in [-0.3, -0.25) is 4.90 Å². The monoisotopic (exact) mass is 262 g/mol. The normalized spacial score (nSPS) is 14.2. The Morgan fingerprint density at radius 3 is 2.63 bits per heavy atom. The van der Waals surface area contributed by atoms with Crippen molar-refractivity contribution < 1.29 is 9.52 Å². The summed E-state index contributed by atoms with van der Waals surface area (Å²) in [5, 5.41) is 9.96. The number of hydrogen-bond acceptors (Lipinski definition) is 4. The summed E-state index contributed by atoms with van der Waals surface area (Å²) in [6.45, 7) is 9.18. The standard InChI is InChI=1S/C15H22N2O2/c1-5-17(10-15(3,4)18)11(2)14-16-12-8-6-7-9-13(12)19-14/h6-9,11,18H,5,10H2,1-4H3. The number of oxazole rings is 1. The quantitative estimate of drug-likeness (QED) is 0.900. The summed E-state index contributed by atoms with van der Waals surface area (Å²) in [4.78, 5) is 6.68. The van der Waals surface area contributed by atoms with Gasteiger partial charge in [0.15, 0.2) is 5.58 Å². The molecule has 1 aromatic heterocycles. The molecule has 0 radical (unpaired) electrons. The van der Waals surface area contributed by atoms with Crippen LogP contribution in [0.2, 0.25) is 0 Å². The fraction of sp³-hybridized carbons (Fsp3) is 0.533. The molecule has 1 N–H and O–H groups in total. The molecule has 0 bridgehead atoms. The third-order valence-electron chi connectivity index (χ3n) is 3.21. The molecule has 0 saturated carbocycles. The Bertz CT molecular complexity index is 509. The molecule has 104 valence electrons. The minimum absolute atomic E-state index is 0.0452. The summed E-state index contributed by atoms with van der Waals surface area (Å²) >= 11 is 0. The predicted molar refractivity (Wildman–Crippen MR) is 76.0 cm³/mol. The molecule has 1 unspecified atom stereocenters. The Labute approximate surface area is 114 Å². The van der Waals surface area contributed by atoms with Crippen LogP contribution in [0.25, 0.3) is 11.1 Å². The number of hydrogen-bond donors (Lipinski definition) is 1. The molecule has 0 aliphatic heterocycles. The Morgan fingerprint density at radius 2 is 2.05 bits per heavy atom. The van der Waals surface area contributed by atoms with Crippen molar-refractivity contribution >= 4 is 11.1 Å². The second-order valence-electron chi connectivity index (χ2n) is 5.57. The van der Waals surface area contributed by atoms with Crippen LogP contribution in [0.4, 0.5) is 0 Å². The van der Waals surface area contributed by atoms with Crippen molar-refractivity contribution in [3.8, 4) is 0 Å². The van der Waals surface area contributed by atoms with Crippen molar-refractivity contribution in [1.82, 2.24) is 9.88 Å². The van der Waals surface area contributed by atoms with Crippen molar-refractivity contribution in [3.05, 3.63) is 30.2 Å². The lowest BCUT2D eigenvalue weighted by Gasteiger charge is -2.31. The zero-order chi connectivity index (χ0) is 14.0. The molecule has 2 aromatic rings. The molecule has 4 heteroatoms. The van der Waals surface area contributed by atoms with Gasteiger partial charge in [0, 0.05) is 6.54 Å². The molecule has 0 saturated heterocycles. The van der Waals surface area contributed by atoms with Crippen LogP contribution in [0.1, 0.15) is 39.6 Å². The number of para-hydroxylation sites is 2. The summed E-state index contributed by atoms with van der Waals surface area (Å²) in [5.41, 5.74) is 0.961. The van der Waals surface area contributed by atoms with Gasteiger partial charge in [-0.25, -0.2) is 4.98 Å². The Balaban J connectivity index is 2.23. The van der Waals surface area contributed by atoms with Crippen molar-refractivity contribution in [1.29, 1.82) is 0 Å². The maximum Gasteiger partial charge on any atom is 0.212 e. The molecule has 1 heterocycles.